The van der Waals surface area contributed by atoms with Gasteiger partial charge in [-0.25, -0.2) is 0 Å². The number of ether oxygens (including phenoxy) is 3. The van der Waals surface area contributed by atoms with Gasteiger partial charge in [-0.15, -0.1) is 0 Å². The van der Waals surface area contributed by atoms with Crippen LogP contribution in [0.15, 0.2) is 0 Å². The van der Waals surface area contributed by atoms with Crippen molar-refractivity contribution in [3.05, 3.63) is 0 Å². The Labute approximate surface area is 93.9 Å². The van der Waals surface area contributed by atoms with Crippen LogP contribution in [-0.2, 0) is 19.0 Å². The van der Waals surface area contributed by atoms with Crippen molar-refractivity contribution in [2.24, 2.45) is 0 Å². The molecule has 0 aromatic carbocycles. The van der Waals surface area contributed by atoms with Gasteiger partial charge in [-0.3, -0.25) is 4.79 Å². The van der Waals surface area contributed by atoms with Crippen LogP contribution < -0.4 is 5.32 Å². The summed E-state index contributed by atoms with van der Waals surface area (Å²) in [5.41, 5.74) is 0. The van der Waals surface area contributed by atoms with E-state index in [9.17, 15) is 9.90 Å². The van der Waals surface area contributed by atoms with Crippen molar-refractivity contribution < 1.29 is 24.1 Å². The van der Waals surface area contributed by atoms with E-state index >= 15 is 0 Å². The highest BCUT2D eigenvalue weighted by Gasteiger charge is 2.61. The summed E-state index contributed by atoms with van der Waals surface area (Å²) in [6.07, 6.45) is -2.01. The molecule has 1 heterocycles. The highest BCUT2D eigenvalue weighted by molar-refractivity contribution is 5.73. The molecule has 6 heteroatoms. The number of carbonyl (C=O) groups is 1. The molecule has 1 aliphatic heterocycles. The zero-order valence-electron chi connectivity index (χ0n) is 9.54. The molecule has 92 valence electrons. The largest absolute Gasteiger partial charge is 0.387 e. The minimum atomic E-state index is -0.704. The minimum Gasteiger partial charge on any atom is -0.387 e. The fourth-order valence-corrected chi connectivity index (χ4v) is 2.43. The number of nitrogens with one attached hydrogen (secondary N) is 1. The fraction of sp³-hybridized carbons (Fsp3) is 0.900. The quantitative estimate of drug-likeness (QED) is 0.588. The molecular weight excluding hydrogens is 214 g/mol. The van der Waals surface area contributed by atoms with Gasteiger partial charge in [-0.1, -0.05) is 0 Å². The Kier molecular flexibility index (Phi) is 3.16. The predicted octanol–water partition coefficient (Wildman–Crippen LogP) is -1.34. The number of hydrogen-bond donors (Lipinski definition) is 2. The van der Waals surface area contributed by atoms with E-state index in [4.69, 9.17) is 14.2 Å². The summed E-state index contributed by atoms with van der Waals surface area (Å²) in [5.74, 6) is -0.146. The first-order valence-electron chi connectivity index (χ1n) is 5.26. The smallest absolute Gasteiger partial charge is 0.217 e. The first kappa shape index (κ1) is 11.8. The number of methoxy groups -OCH3 is 2. The molecule has 1 saturated heterocycles. The van der Waals surface area contributed by atoms with Crippen molar-refractivity contribution in [3.8, 4) is 0 Å². The van der Waals surface area contributed by atoms with E-state index in [-0.39, 0.29) is 24.2 Å². The average Bonchev–Trinajstić information content (AvgIpc) is 3.01. The Morgan fingerprint density at radius 3 is 2.38 bits per heavy atom. The molecule has 2 fully saturated rings. The maximum absolute atomic E-state index is 11.1. The van der Waals surface area contributed by atoms with Crippen LogP contribution in [0.5, 0.6) is 0 Å². The maximum Gasteiger partial charge on any atom is 0.217 e. The van der Waals surface area contributed by atoms with E-state index in [0.717, 1.165) is 0 Å². The number of fused-ring (bicyclic) bond motifs is 1. The molecule has 0 aromatic heterocycles. The minimum absolute atomic E-state index is 0.146. The summed E-state index contributed by atoms with van der Waals surface area (Å²) in [6.45, 7) is 1.44. The van der Waals surface area contributed by atoms with Gasteiger partial charge in [0.2, 0.25) is 5.91 Å². The van der Waals surface area contributed by atoms with Crippen LogP contribution >= 0.6 is 0 Å². The summed E-state index contributed by atoms with van der Waals surface area (Å²) in [7, 11) is 3.04. The summed E-state index contributed by atoms with van der Waals surface area (Å²) in [5, 5.41) is 12.7. The molecule has 0 bridgehead atoms. The van der Waals surface area contributed by atoms with Crippen LogP contribution in [0.4, 0.5) is 0 Å². The molecule has 2 aliphatic rings. The van der Waals surface area contributed by atoms with Gasteiger partial charge in [0, 0.05) is 21.1 Å². The maximum atomic E-state index is 11.1. The van der Waals surface area contributed by atoms with Crippen molar-refractivity contribution in [2.45, 2.75) is 43.5 Å². The van der Waals surface area contributed by atoms with Crippen LogP contribution in [0.2, 0.25) is 0 Å². The molecule has 6 atom stereocenters. The zero-order chi connectivity index (χ0) is 11.9. The lowest BCUT2D eigenvalue weighted by molar-refractivity contribution is -0.132. The number of hydrogen-bond acceptors (Lipinski definition) is 5. The molecule has 2 N–H and O–H groups in total. The molecule has 1 saturated carbocycles. The van der Waals surface area contributed by atoms with Gasteiger partial charge in [0.1, 0.15) is 30.5 Å². The molecule has 2 rings (SSSR count). The van der Waals surface area contributed by atoms with Gasteiger partial charge < -0.3 is 24.6 Å². The van der Waals surface area contributed by atoms with Gasteiger partial charge in [0.25, 0.3) is 0 Å². The van der Waals surface area contributed by atoms with E-state index in [1.165, 1.54) is 21.1 Å². The highest BCUT2D eigenvalue weighted by atomic mass is 16.6. The number of amides is 1. The lowest BCUT2D eigenvalue weighted by atomic mass is 9.87. The monoisotopic (exact) mass is 231 g/mol. The van der Waals surface area contributed by atoms with Crippen LogP contribution in [0.3, 0.4) is 0 Å². The molecular formula is C10H17NO5. The first-order valence-corrected chi connectivity index (χ1v) is 5.26. The average molecular weight is 231 g/mol. The molecule has 0 spiro atoms. The van der Waals surface area contributed by atoms with Gasteiger partial charge >= 0.3 is 0 Å². The first-order chi connectivity index (χ1) is 7.60. The molecule has 6 unspecified atom stereocenters. The third-order valence-corrected chi connectivity index (χ3v) is 3.18. The molecule has 0 aromatic rings. The lowest BCUT2D eigenvalue weighted by Gasteiger charge is -2.36. The van der Waals surface area contributed by atoms with Crippen molar-refractivity contribution in [2.75, 3.05) is 14.2 Å². The van der Waals surface area contributed by atoms with E-state index < -0.39 is 18.3 Å². The van der Waals surface area contributed by atoms with Gasteiger partial charge in [-0.05, 0) is 0 Å². The van der Waals surface area contributed by atoms with Gasteiger partial charge in [0.05, 0.1) is 6.04 Å². The van der Waals surface area contributed by atoms with Gasteiger partial charge in [0.15, 0.2) is 0 Å². The van der Waals surface area contributed by atoms with Crippen molar-refractivity contribution >= 4 is 5.91 Å². The molecule has 1 aliphatic carbocycles. The van der Waals surface area contributed by atoms with E-state index in [1.807, 2.05) is 0 Å². The van der Waals surface area contributed by atoms with Crippen molar-refractivity contribution in [1.82, 2.24) is 5.32 Å². The van der Waals surface area contributed by atoms with Crippen LogP contribution in [-0.4, -0.2) is 61.8 Å². The Bertz CT molecular complexity index is 284. The Hall–Kier alpha value is -0.690. The van der Waals surface area contributed by atoms with Gasteiger partial charge in [-0.2, -0.15) is 0 Å². The second-order valence-electron chi connectivity index (χ2n) is 4.18. The predicted molar refractivity (Wildman–Crippen MR) is 53.9 cm³/mol. The Balaban J connectivity index is 2.14. The van der Waals surface area contributed by atoms with Crippen molar-refractivity contribution in [3.63, 3.8) is 0 Å². The van der Waals surface area contributed by atoms with Crippen LogP contribution in [0.25, 0.3) is 0 Å². The SMILES string of the molecule is COC1C(O)C2OC2C(NC(C)=O)C1OC. The summed E-state index contributed by atoms with van der Waals surface area (Å²) < 4.78 is 15.8. The molecule has 0 radical (unpaired) electrons. The fourth-order valence-electron chi connectivity index (χ4n) is 2.43. The van der Waals surface area contributed by atoms with Crippen molar-refractivity contribution in [1.29, 1.82) is 0 Å². The third kappa shape index (κ3) is 1.82. The number of aliphatic hydroxyl groups excluding tert-OH is 1. The molecule has 6 nitrogen and oxygen atoms in total. The topological polar surface area (TPSA) is 80.3 Å². The standard InChI is InChI=1S/C10H17NO5/c1-4(12)11-5-7(14-2)9(15-3)6(13)10-8(5)16-10/h5-10,13H,1-3H3,(H,11,12). The Morgan fingerprint density at radius 1 is 1.25 bits per heavy atom. The summed E-state index contributed by atoms with van der Waals surface area (Å²) in [4.78, 5) is 11.1. The van der Waals surface area contributed by atoms with E-state index in [2.05, 4.69) is 5.32 Å². The number of epoxide rings is 1. The molecule has 16 heavy (non-hydrogen) atoms. The third-order valence-electron chi connectivity index (χ3n) is 3.18. The van der Waals surface area contributed by atoms with E-state index in [1.54, 1.807) is 0 Å². The number of carbonyl (C=O) groups excluding carboxylic acids is 1. The van der Waals surface area contributed by atoms with Crippen LogP contribution in [0, 0.1) is 0 Å². The second-order valence-corrected chi connectivity index (χ2v) is 4.18. The zero-order valence-corrected chi connectivity index (χ0v) is 9.54. The second kappa shape index (κ2) is 4.29. The highest BCUT2D eigenvalue weighted by Crippen LogP contribution is 2.39. The lowest BCUT2D eigenvalue weighted by Crippen LogP contribution is -2.61. The number of rotatable bonds is 3. The Morgan fingerprint density at radius 2 is 1.88 bits per heavy atom. The normalized spacial score (nSPS) is 46.0. The van der Waals surface area contributed by atoms with E-state index in [0.29, 0.717) is 0 Å². The van der Waals surface area contributed by atoms with Crippen LogP contribution in [0.1, 0.15) is 6.92 Å². The summed E-state index contributed by atoms with van der Waals surface area (Å²) >= 11 is 0. The number of aliphatic hydroxyl groups is 1. The summed E-state index contributed by atoms with van der Waals surface area (Å²) in [6, 6.07) is -0.263. The molecule has 1 amide bonds.